The van der Waals surface area contributed by atoms with Crippen LogP contribution in [0.1, 0.15) is 71.4 Å². The monoisotopic (exact) mass is 688 g/mol. The molecule has 3 aromatic carbocycles. The molecule has 0 aromatic heterocycles. The summed E-state index contributed by atoms with van der Waals surface area (Å²) >= 11 is 0. The fraction of sp³-hybridized carbons (Fsp3) is 0.333. The van der Waals surface area contributed by atoms with Crippen LogP contribution in [0.4, 0.5) is 0 Å². The summed E-state index contributed by atoms with van der Waals surface area (Å²) in [5.74, 6) is -1.83. The highest BCUT2D eigenvalue weighted by atomic mass is 16.5. The van der Waals surface area contributed by atoms with Crippen molar-refractivity contribution in [2.24, 2.45) is 0 Å². The van der Waals surface area contributed by atoms with Crippen molar-refractivity contribution in [3.8, 4) is 39.5 Å². The van der Waals surface area contributed by atoms with Crippen LogP contribution in [-0.2, 0) is 19.1 Å². The Morgan fingerprint density at radius 2 is 1.12 bits per heavy atom. The molecule has 11 heteroatoms. The average Bonchev–Trinajstić information content (AvgIpc) is 3.07. The molecule has 2 N–H and O–H groups in total. The van der Waals surface area contributed by atoms with Gasteiger partial charge in [0.1, 0.15) is 17.2 Å². The molecule has 0 heterocycles. The van der Waals surface area contributed by atoms with Crippen LogP contribution >= 0.6 is 0 Å². The first-order valence-corrected chi connectivity index (χ1v) is 16.3. The van der Waals surface area contributed by atoms with E-state index >= 15 is 0 Å². The summed E-state index contributed by atoms with van der Waals surface area (Å²) in [6.07, 6.45) is 4.19. The number of hydrogen-bond donors (Lipinski definition) is 2. The maximum Gasteiger partial charge on any atom is 0.335 e. The van der Waals surface area contributed by atoms with Gasteiger partial charge in [-0.2, -0.15) is 0 Å². The number of hydrogen-bond acceptors (Lipinski definition) is 9. The maximum atomic E-state index is 12.2. The number of rotatable bonds is 20. The van der Waals surface area contributed by atoms with Crippen molar-refractivity contribution >= 4 is 23.9 Å². The van der Waals surface area contributed by atoms with Gasteiger partial charge in [0.2, 0.25) is 0 Å². The molecule has 0 aliphatic rings. The normalized spacial score (nSPS) is 10.7. The van der Waals surface area contributed by atoms with Gasteiger partial charge in [-0.3, -0.25) is 0 Å². The number of ether oxygens (including phenoxy) is 5. The average molecular weight is 689 g/mol. The van der Waals surface area contributed by atoms with Crippen LogP contribution in [0.2, 0.25) is 0 Å². The van der Waals surface area contributed by atoms with Gasteiger partial charge >= 0.3 is 23.9 Å². The van der Waals surface area contributed by atoms with Gasteiger partial charge in [0.05, 0.1) is 43.7 Å². The van der Waals surface area contributed by atoms with Gasteiger partial charge in [0.25, 0.3) is 0 Å². The van der Waals surface area contributed by atoms with Crippen LogP contribution in [0, 0.1) is 13.8 Å². The molecule has 3 rings (SSSR count). The van der Waals surface area contributed by atoms with Gasteiger partial charge in [-0.1, -0.05) is 19.2 Å². The lowest BCUT2D eigenvalue weighted by Gasteiger charge is -2.22. The Kier molecular flexibility index (Phi) is 14.6. The van der Waals surface area contributed by atoms with E-state index in [1.165, 1.54) is 12.1 Å². The second-order valence-electron chi connectivity index (χ2n) is 11.6. The lowest BCUT2D eigenvalue weighted by Crippen LogP contribution is -2.10. The van der Waals surface area contributed by atoms with Crippen LogP contribution < -0.4 is 14.2 Å². The zero-order valence-electron chi connectivity index (χ0n) is 28.9. The highest BCUT2D eigenvalue weighted by molar-refractivity contribution is 5.96. The first-order chi connectivity index (χ1) is 23.9. The number of unbranched alkanes of at least 4 members (excludes halogenated alkanes) is 2. The van der Waals surface area contributed by atoms with E-state index in [9.17, 15) is 29.4 Å². The van der Waals surface area contributed by atoms with Crippen molar-refractivity contribution in [2.75, 3.05) is 26.4 Å². The fourth-order valence-corrected chi connectivity index (χ4v) is 5.24. The number of carboxylic acids is 2. The van der Waals surface area contributed by atoms with Crippen molar-refractivity contribution in [1.29, 1.82) is 0 Å². The van der Waals surface area contributed by atoms with E-state index in [4.69, 9.17) is 23.7 Å². The minimum atomic E-state index is -1.09. The Balaban J connectivity index is 2.04. The van der Waals surface area contributed by atoms with Crippen molar-refractivity contribution in [3.05, 3.63) is 90.0 Å². The minimum absolute atomic E-state index is 0.100. The summed E-state index contributed by atoms with van der Waals surface area (Å²) in [5.41, 5.74) is 3.49. The molecule has 0 atom stereocenters. The number of benzene rings is 3. The quantitative estimate of drug-likeness (QED) is 0.0685. The van der Waals surface area contributed by atoms with E-state index in [1.54, 1.807) is 38.1 Å². The van der Waals surface area contributed by atoms with Crippen molar-refractivity contribution in [2.45, 2.75) is 59.5 Å². The SMILES string of the molecule is C=CC(=O)OCCCCOc1ccc(C(=O)O)c(C)c1-c1ccc(-c2c(OCCCCOC(=O)C=C)ccc(C(=O)O)c2C)c(OC(C)C)c1. The molecule has 50 heavy (non-hydrogen) atoms. The van der Waals surface area contributed by atoms with E-state index in [2.05, 4.69) is 13.2 Å². The molecule has 0 aliphatic heterocycles. The van der Waals surface area contributed by atoms with Crippen molar-refractivity contribution in [1.82, 2.24) is 0 Å². The third kappa shape index (κ3) is 10.5. The fourth-order valence-electron chi connectivity index (χ4n) is 5.24. The molecule has 266 valence electrons. The molecule has 0 fully saturated rings. The molecule has 0 aliphatic carbocycles. The topological polar surface area (TPSA) is 155 Å². The Morgan fingerprint density at radius 3 is 1.58 bits per heavy atom. The zero-order valence-corrected chi connectivity index (χ0v) is 28.9. The molecule has 11 nitrogen and oxygen atoms in total. The molecule has 0 spiro atoms. The van der Waals surface area contributed by atoms with E-state index in [0.717, 1.165) is 12.2 Å². The van der Waals surface area contributed by atoms with Gasteiger partial charge in [-0.25, -0.2) is 19.2 Å². The molecule has 3 aromatic rings. The third-order valence-electron chi connectivity index (χ3n) is 7.63. The Hall–Kier alpha value is -5.58. The maximum absolute atomic E-state index is 12.2. The third-order valence-corrected chi connectivity index (χ3v) is 7.63. The Morgan fingerprint density at radius 1 is 0.660 bits per heavy atom. The molecule has 0 saturated heterocycles. The molecule has 0 saturated carbocycles. The van der Waals surface area contributed by atoms with Crippen LogP contribution in [0.25, 0.3) is 22.3 Å². The first kappa shape index (κ1) is 38.9. The van der Waals surface area contributed by atoms with E-state index < -0.39 is 23.9 Å². The highest BCUT2D eigenvalue weighted by Gasteiger charge is 2.23. The Bertz CT molecular complexity index is 1720. The predicted molar refractivity (Wildman–Crippen MR) is 188 cm³/mol. The van der Waals surface area contributed by atoms with Gasteiger partial charge < -0.3 is 33.9 Å². The summed E-state index contributed by atoms with van der Waals surface area (Å²) in [6.45, 7) is 14.9. The zero-order chi connectivity index (χ0) is 36.8. The molecule has 0 amide bonds. The van der Waals surface area contributed by atoms with Crippen LogP contribution in [-0.4, -0.2) is 66.6 Å². The number of esters is 2. The van der Waals surface area contributed by atoms with Crippen molar-refractivity contribution < 1.29 is 53.1 Å². The van der Waals surface area contributed by atoms with Gasteiger partial charge in [-0.05, 0) is 106 Å². The molecule has 0 radical (unpaired) electrons. The second kappa shape index (κ2) is 18.8. The minimum Gasteiger partial charge on any atom is -0.493 e. The lowest BCUT2D eigenvalue weighted by atomic mass is 9.90. The van der Waals surface area contributed by atoms with E-state index in [-0.39, 0.29) is 43.7 Å². The first-order valence-electron chi connectivity index (χ1n) is 16.3. The molecule has 0 unspecified atom stereocenters. The second-order valence-corrected chi connectivity index (χ2v) is 11.6. The van der Waals surface area contributed by atoms with E-state index in [0.29, 0.717) is 76.3 Å². The summed E-state index contributed by atoms with van der Waals surface area (Å²) in [4.78, 5) is 46.9. The van der Waals surface area contributed by atoms with Crippen LogP contribution in [0.15, 0.2) is 67.8 Å². The van der Waals surface area contributed by atoms with Crippen molar-refractivity contribution in [3.63, 3.8) is 0 Å². The van der Waals surface area contributed by atoms with Gasteiger partial charge in [0, 0.05) is 28.8 Å². The molecular weight excluding hydrogens is 644 g/mol. The molecule has 0 bridgehead atoms. The summed E-state index contributed by atoms with van der Waals surface area (Å²) in [5, 5.41) is 19.9. The number of carboxylic acid groups (broad SMARTS) is 2. The largest absolute Gasteiger partial charge is 0.493 e. The predicted octanol–water partition coefficient (Wildman–Crippen LogP) is 7.60. The molecular formula is C39H44O11. The summed E-state index contributed by atoms with van der Waals surface area (Å²) < 4.78 is 28.7. The van der Waals surface area contributed by atoms with Gasteiger partial charge in [0.15, 0.2) is 0 Å². The van der Waals surface area contributed by atoms with E-state index in [1.807, 2.05) is 19.9 Å². The number of carbonyl (C=O) groups is 4. The van der Waals surface area contributed by atoms with Crippen LogP contribution in [0.5, 0.6) is 17.2 Å². The summed E-state index contributed by atoms with van der Waals surface area (Å²) in [6, 6.07) is 11.6. The highest BCUT2D eigenvalue weighted by Crippen LogP contribution is 2.44. The Labute approximate surface area is 292 Å². The standard InChI is InChI=1S/C39H44O11/c1-7-34(40)48-21-11-9-19-46-31-17-15-28(38(42)43)25(5)36(31)27-13-14-30(33(23-27)50-24(3)4)37-26(6)29(39(44)45)16-18-32(37)47-20-10-12-22-49-35(41)8-2/h7-8,13-18,23-24H,1-2,9-12,19-22H2,3-6H3,(H,42,43)(H,44,45). The van der Waals surface area contributed by atoms with Gasteiger partial charge in [-0.15, -0.1) is 0 Å². The smallest absolute Gasteiger partial charge is 0.335 e. The lowest BCUT2D eigenvalue weighted by molar-refractivity contribution is -0.138. The van der Waals surface area contributed by atoms with Crippen LogP contribution in [0.3, 0.4) is 0 Å². The summed E-state index contributed by atoms with van der Waals surface area (Å²) in [7, 11) is 0. The number of aromatic carboxylic acids is 2. The number of carbonyl (C=O) groups excluding carboxylic acids is 2.